The van der Waals surface area contributed by atoms with E-state index in [9.17, 15) is 4.79 Å². The summed E-state index contributed by atoms with van der Waals surface area (Å²) < 4.78 is 6.82. The number of nitrogens with zero attached hydrogens (tertiary/aromatic N) is 2. The summed E-state index contributed by atoms with van der Waals surface area (Å²) in [6.45, 7) is 2.97. The van der Waals surface area contributed by atoms with E-state index in [0.29, 0.717) is 30.4 Å². The second-order valence-electron chi connectivity index (χ2n) is 5.94. The molecule has 0 atom stereocenters. The number of fused-ring (bicyclic) bond motifs is 1. The lowest BCUT2D eigenvalue weighted by atomic mass is 10.2. The number of oxazole rings is 1. The molecule has 1 amide bonds. The van der Waals surface area contributed by atoms with Crippen LogP contribution >= 0.6 is 22.7 Å². The molecular weight excluding hydrogens is 380 g/mol. The largest absolute Gasteiger partial charge is 0.440 e. The Kier molecular flexibility index (Phi) is 5.17. The summed E-state index contributed by atoms with van der Waals surface area (Å²) in [4.78, 5) is 22.1. The molecule has 0 spiro atoms. The molecule has 0 bridgehead atoms. The van der Waals surface area contributed by atoms with Gasteiger partial charge in [0, 0.05) is 13.1 Å². The highest BCUT2D eigenvalue weighted by molar-refractivity contribution is 7.22. The maximum Gasteiger partial charge on any atom is 0.236 e. The number of carbonyl (C=O) groups is 1. The van der Waals surface area contributed by atoms with Crippen molar-refractivity contribution in [2.45, 2.75) is 13.3 Å². The van der Waals surface area contributed by atoms with Crippen LogP contribution in [0.25, 0.3) is 21.0 Å². The number of benzene rings is 1. The minimum absolute atomic E-state index is 0.0739. The topological polar surface area (TPSA) is 80.0 Å². The summed E-state index contributed by atoms with van der Waals surface area (Å²) >= 11 is 3.17. The number of hydrogen-bond donors (Lipinski definition) is 2. The predicted molar refractivity (Wildman–Crippen MR) is 109 cm³/mol. The highest BCUT2D eigenvalue weighted by Gasteiger charge is 2.15. The van der Waals surface area contributed by atoms with Gasteiger partial charge in [0.25, 0.3) is 0 Å². The lowest BCUT2D eigenvalue weighted by Crippen LogP contribution is -2.30. The van der Waals surface area contributed by atoms with Gasteiger partial charge in [-0.25, -0.2) is 9.97 Å². The second-order valence-corrected chi connectivity index (χ2v) is 7.92. The van der Waals surface area contributed by atoms with Crippen LogP contribution in [0.2, 0.25) is 0 Å². The van der Waals surface area contributed by atoms with Gasteiger partial charge in [-0.05, 0) is 30.5 Å². The number of amides is 1. The van der Waals surface area contributed by atoms with Crippen molar-refractivity contribution in [3.05, 3.63) is 53.2 Å². The van der Waals surface area contributed by atoms with Crippen LogP contribution in [0.15, 0.2) is 46.2 Å². The van der Waals surface area contributed by atoms with E-state index in [0.717, 1.165) is 20.2 Å². The first-order valence-corrected chi connectivity index (χ1v) is 10.2. The maximum atomic E-state index is 12.2. The summed E-state index contributed by atoms with van der Waals surface area (Å²) in [6, 6.07) is 11.9. The molecular formula is C19H18N4O2S2. The molecule has 2 N–H and O–H groups in total. The fraction of sp³-hybridized carbons (Fsp3) is 0.211. The van der Waals surface area contributed by atoms with Crippen molar-refractivity contribution in [1.82, 2.24) is 15.3 Å². The lowest BCUT2D eigenvalue weighted by Gasteiger charge is -2.05. The molecule has 0 fully saturated rings. The van der Waals surface area contributed by atoms with Crippen LogP contribution in [-0.2, 0) is 11.2 Å². The number of nitrogens with one attached hydrogen (secondary N) is 2. The van der Waals surface area contributed by atoms with Crippen molar-refractivity contribution in [2.24, 2.45) is 0 Å². The number of carbonyl (C=O) groups excluding carboxylic acids is 1. The zero-order valence-electron chi connectivity index (χ0n) is 14.7. The lowest BCUT2D eigenvalue weighted by molar-refractivity contribution is -0.120. The van der Waals surface area contributed by atoms with Gasteiger partial charge in [0.05, 0.1) is 27.2 Å². The zero-order chi connectivity index (χ0) is 18.6. The Morgan fingerprint density at radius 3 is 2.85 bits per heavy atom. The summed E-state index contributed by atoms with van der Waals surface area (Å²) in [6.07, 6.45) is 0.210. The van der Waals surface area contributed by atoms with Crippen LogP contribution in [-0.4, -0.2) is 29.0 Å². The van der Waals surface area contributed by atoms with Crippen molar-refractivity contribution < 1.29 is 9.21 Å². The van der Waals surface area contributed by atoms with E-state index in [-0.39, 0.29) is 12.3 Å². The van der Waals surface area contributed by atoms with Crippen LogP contribution in [0.5, 0.6) is 0 Å². The standard InChI is InChI=1S/C19H18N4O2S2/c1-12-14(22-18(25-12)16-7-4-10-26-16)11-17(24)20-8-9-21-19-23-13-5-2-3-6-15(13)27-19/h2-7,10H,8-9,11H2,1H3,(H,20,24)(H,21,23). The van der Waals surface area contributed by atoms with Crippen molar-refractivity contribution in [2.75, 3.05) is 18.4 Å². The zero-order valence-corrected chi connectivity index (χ0v) is 16.3. The van der Waals surface area contributed by atoms with E-state index < -0.39 is 0 Å². The van der Waals surface area contributed by atoms with Gasteiger partial charge in [-0.3, -0.25) is 4.79 Å². The molecule has 27 heavy (non-hydrogen) atoms. The first-order valence-electron chi connectivity index (χ1n) is 8.55. The summed E-state index contributed by atoms with van der Waals surface area (Å²) in [5.74, 6) is 1.18. The number of thiazole rings is 1. The van der Waals surface area contributed by atoms with Crippen LogP contribution in [0.1, 0.15) is 11.5 Å². The highest BCUT2D eigenvalue weighted by Crippen LogP contribution is 2.26. The molecule has 0 aliphatic rings. The number of thiophene rings is 1. The Morgan fingerprint density at radius 1 is 1.15 bits per heavy atom. The van der Waals surface area contributed by atoms with Gasteiger partial charge in [-0.15, -0.1) is 11.3 Å². The number of anilines is 1. The van der Waals surface area contributed by atoms with Crippen LogP contribution in [0.4, 0.5) is 5.13 Å². The predicted octanol–water partition coefficient (Wildman–Crippen LogP) is 4.09. The monoisotopic (exact) mass is 398 g/mol. The SMILES string of the molecule is Cc1oc(-c2cccs2)nc1CC(=O)NCCNc1nc2ccccc2s1. The summed E-state index contributed by atoms with van der Waals surface area (Å²) in [5.41, 5.74) is 1.66. The molecule has 0 saturated carbocycles. The van der Waals surface area contributed by atoms with E-state index in [4.69, 9.17) is 4.42 Å². The van der Waals surface area contributed by atoms with Gasteiger partial charge in [0.1, 0.15) is 5.76 Å². The molecule has 0 saturated heterocycles. The Hall–Kier alpha value is -2.71. The molecule has 0 radical (unpaired) electrons. The Labute approximate surface area is 164 Å². The number of aromatic nitrogens is 2. The Morgan fingerprint density at radius 2 is 2.04 bits per heavy atom. The van der Waals surface area contributed by atoms with E-state index >= 15 is 0 Å². The smallest absolute Gasteiger partial charge is 0.236 e. The molecule has 3 heterocycles. The molecule has 6 nitrogen and oxygen atoms in total. The number of rotatable bonds is 7. The van der Waals surface area contributed by atoms with Gasteiger partial charge in [-0.2, -0.15) is 0 Å². The Balaban J connectivity index is 1.26. The quantitative estimate of drug-likeness (QED) is 0.458. The molecule has 8 heteroatoms. The summed E-state index contributed by atoms with van der Waals surface area (Å²) in [5, 5.41) is 8.98. The fourth-order valence-electron chi connectivity index (χ4n) is 2.63. The third kappa shape index (κ3) is 4.17. The average molecular weight is 399 g/mol. The molecule has 0 unspecified atom stereocenters. The molecule has 0 aliphatic heterocycles. The van der Waals surface area contributed by atoms with E-state index in [1.54, 1.807) is 22.7 Å². The third-order valence-electron chi connectivity index (χ3n) is 3.97. The van der Waals surface area contributed by atoms with Crippen molar-refractivity contribution in [3.63, 3.8) is 0 Å². The van der Waals surface area contributed by atoms with Gasteiger partial charge in [0.15, 0.2) is 5.13 Å². The molecule has 0 aliphatic carbocycles. The van der Waals surface area contributed by atoms with Crippen molar-refractivity contribution >= 4 is 43.9 Å². The van der Waals surface area contributed by atoms with E-state index in [1.165, 1.54) is 0 Å². The molecule has 138 valence electrons. The van der Waals surface area contributed by atoms with Gasteiger partial charge in [-0.1, -0.05) is 29.5 Å². The van der Waals surface area contributed by atoms with Crippen LogP contribution in [0, 0.1) is 6.92 Å². The van der Waals surface area contributed by atoms with Gasteiger partial charge in [0.2, 0.25) is 11.8 Å². The van der Waals surface area contributed by atoms with Gasteiger partial charge >= 0.3 is 0 Å². The van der Waals surface area contributed by atoms with E-state index in [2.05, 4.69) is 20.6 Å². The third-order valence-corrected chi connectivity index (χ3v) is 5.82. The molecule has 4 aromatic rings. The first kappa shape index (κ1) is 17.7. The molecule has 3 aromatic heterocycles. The first-order chi connectivity index (χ1) is 13.2. The van der Waals surface area contributed by atoms with Crippen LogP contribution < -0.4 is 10.6 Å². The molecule has 4 rings (SSSR count). The minimum atomic E-state index is -0.0739. The second kappa shape index (κ2) is 7.89. The van der Waals surface area contributed by atoms with Crippen molar-refractivity contribution in [3.8, 4) is 10.8 Å². The number of para-hydroxylation sites is 1. The highest BCUT2D eigenvalue weighted by atomic mass is 32.1. The number of hydrogen-bond acceptors (Lipinski definition) is 7. The van der Waals surface area contributed by atoms with Crippen LogP contribution in [0.3, 0.4) is 0 Å². The molecule has 1 aromatic carbocycles. The van der Waals surface area contributed by atoms with E-state index in [1.807, 2.05) is 48.7 Å². The minimum Gasteiger partial charge on any atom is -0.440 e. The Bertz CT molecular complexity index is 1020. The average Bonchev–Trinajstić information content (AvgIpc) is 3.39. The number of aryl methyl sites for hydroxylation is 1. The fourth-order valence-corrected chi connectivity index (χ4v) is 4.17. The van der Waals surface area contributed by atoms with Gasteiger partial charge < -0.3 is 15.1 Å². The normalized spacial score (nSPS) is 11.0. The van der Waals surface area contributed by atoms with Crippen molar-refractivity contribution in [1.29, 1.82) is 0 Å². The summed E-state index contributed by atoms with van der Waals surface area (Å²) in [7, 11) is 0. The maximum absolute atomic E-state index is 12.2.